The highest BCUT2D eigenvalue weighted by Gasteiger charge is 2.27. The second-order valence-corrected chi connectivity index (χ2v) is 5.25. The van der Waals surface area contributed by atoms with Crippen LogP contribution < -0.4 is 18.9 Å². The highest BCUT2D eigenvalue weighted by molar-refractivity contribution is 6.33. The summed E-state index contributed by atoms with van der Waals surface area (Å²) < 4.78 is 21.9. The molecular formula is C16H18BNO6. The molecule has 2 heterocycles. The first-order chi connectivity index (χ1) is 11.6. The van der Waals surface area contributed by atoms with E-state index in [0.29, 0.717) is 23.9 Å². The van der Waals surface area contributed by atoms with Gasteiger partial charge in [-0.1, -0.05) is 13.0 Å². The first-order valence-electron chi connectivity index (χ1n) is 7.59. The highest BCUT2D eigenvalue weighted by atomic mass is 16.6. The fourth-order valence-electron chi connectivity index (χ4n) is 2.46. The number of ether oxygens (including phenoxy) is 3. The number of hydrogen-bond donors (Lipinski definition) is 2. The molecule has 1 unspecified atom stereocenters. The average Bonchev–Trinajstić information content (AvgIpc) is 2.60. The smallest absolute Gasteiger partial charge is 0.512 e. The molecule has 1 atom stereocenters. The molecule has 0 fully saturated rings. The van der Waals surface area contributed by atoms with Crippen LogP contribution in [-0.4, -0.2) is 36.1 Å². The first-order valence-corrected chi connectivity index (χ1v) is 7.59. The Morgan fingerprint density at radius 3 is 2.79 bits per heavy atom. The zero-order valence-electron chi connectivity index (χ0n) is 13.4. The van der Waals surface area contributed by atoms with Crippen LogP contribution in [0.15, 0.2) is 30.5 Å². The number of methoxy groups -OCH3 is 1. The lowest BCUT2D eigenvalue weighted by Gasteiger charge is -2.28. The van der Waals surface area contributed by atoms with Crippen molar-refractivity contribution in [2.75, 3.05) is 13.7 Å². The third kappa shape index (κ3) is 3.39. The van der Waals surface area contributed by atoms with Crippen LogP contribution in [0.4, 0.5) is 0 Å². The van der Waals surface area contributed by atoms with Gasteiger partial charge in [-0.2, -0.15) is 0 Å². The zero-order valence-corrected chi connectivity index (χ0v) is 13.4. The fourth-order valence-corrected chi connectivity index (χ4v) is 2.46. The molecule has 0 radical (unpaired) electrons. The van der Waals surface area contributed by atoms with Crippen LogP contribution in [0.25, 0.3) is 0 Å². The minimum Gasteiger partial charge on any atom is -0.512 e. The van der Waals surface area contributed by atoms with Crippen LogP contribution in [-0.2, 0) is 6.42 Å². The van der Waals surface area contributed by atoms with Crippen molar-refractivity contribution in [1.29, 1.82) is 0 Å². The molecule has 24 heavy (non-hydrogen) atoms. The Morgan fingerprint density at radius 1 is 1.33 bits per heavy atom. The fraction of sp³-hybridized carbons (Fsp3) is 0.312. The summed E-state index contributed by atoms with van der Waals surface area (Å²) in [4.78, 5) is 4.38. The molecule has 0 saturated heterocycles. The molecule has 3 rings (SSSR count). The lowest BCUT2D eigenvalue weighted by Crippen LogP contribution is -2.23. The van der Waals surface area contributed by atoms with E-state index in [2.05, 4.69) is 4.98 Å². The van der Waals surface area contributed by atoms with Gasteiger partial charge >= 0.3 is 7.32 Å². The molecule has 1 aliphatic rings. The van der Waals surface area contributed by atoms with Gasteiger partial charge in [0, 0.05) is 29.6 Å². The summed E-state index contributed by atoms with van der Waals surface area (Å²) in [6.45, 7) is 2.35. The minimum absolute atomic E-state index is 0.205. The maximum Gasteiger partial charge on any atom is 0.707 e. The maximum atomic E-state index is 8.92. The van der Waals surface area contributed by atoms with Crippen molar-refractivity contribution in [3.8, 4) is 23.0 Å². The largest absolute Gasteiger partial charge is 0.707 e. The van der Waals surface area contributed by atoms with E-state index in [1.807, 2.05) is 19.1 Å². The number of rotatable bonds is 5. The molecule has 7 nitrogen and oxygen atoms in total. The van der Waals surface area contributed by atoms with Crippen LogP contribution >= 0.6 is 0 Å². The molecule has 8 heteroatoms. The molecule has 1 aliphatic heterocycles. The van der Waals surface area contributed by atoms with Gasteiger partial charge in [-0.15, -0.1) is 0 Å². The van der Waals surface area contributed by atoms with Crippen LogP contribution in [0.2, 0.25) is 0 Å². The van der Waals surface area contributed by atoms with Gasteiger partial charge in [0.05, 0.1) is 7.11 Å². The Bertz CT molecular complexity index is 689. The van der Waals surface area contributed by atoms with Gasteiger partial charge in [0.1, 0.15) is 12.4 Å². The summed E-state index contributed by atoms with van der Waals surface area (Å²) in [6, 6.07) is 6.95. The number of aryl methyl sites for hydroxylation is 1. The summed E-state index contributed by atoms with van der Waals surface area (Å²) in [6.07, 6.45) is 2.35. The standard InChI is InChI=1S/C16H18BNO6/c1-3-11-5-4-10(8-18-11)15-9-22-14-7-12(24-17(19)20)6-13(21-2)16(14)23-15/h4-8,15,19-20H,3,9H2,1-2H3. The normalized spacial score (nSPS) is 15.8. The van der Waals surface area contributed by atoms with E-state index in [9.17, 15) is 0 Å². The molecule has 126 valence electrons. The van der Waals surface area contributed by atoms with Crippen LogP contribution in [0.3, 0.4) is 0 Å². The first kappa shape index (κ1) is 16.4. The lowest BCUT2D eigenvalue weighted by molar-refractivity contribution is 0.0865. The maximum absolute atomic E-state index is 8.92. The minimum atomic E-state index is -1.92. The SMILES string of the molecule is CCc1ccc(C2COc3cc(OB(O)O)cc(OC)c3O2)cn1. The van der Waals surface area contributed by atoms with Crippen molar-refractivity contribution >= 4 is 7.32 Å². The van der Waals surface area contributed by atoms with E-state index in [1.54, 1.807) is 6.20 Å². The molecular weight excluding hydrogens is 313 g/mol. The topological polar surface area (TPSA) is 90.3 Å². The van der Waals surface area contributed by atoms with Crippen molar-refractivity contribution < 1.29 is 28.9 Å². The third-order valence-electron chi connectivity index (χ3n) is 3.69. The third-order valence-corrected chi connectivity index (χ3v) is 3.69. The van der Waals surface area contributed by atoms with Gasteiger partial charge in [-0.05, 0) is 12.5 Å². The Morgan fingerprint density at radius 2 is 2.17 bits per heavy atom. The molecule has 2 N–H and O–H groups in total. The monoisotopic (exact) mass is 331 g/mol. The van der Waals surface area contributed by atoms with Crippen molar-refractivity contribution in [3.05, 3.63) is 41.7 Å². The zero-order chi connectivity index (χ0) is 17.1. The van der Waals surface area contributed by atoms with Crippen molar-refractivity contribution in [1.82, 2.24) is 4.98 Å². The number of hydrogen-bond acceptors (Lipinski definition) is 7. The Hall–Kier alpha value is -2.45. The van der Waals surface area contributed by atoms with Crippen molar-refractivity contribution in [3.63, 3.8) is 0 Å². The highest BCUT2D eigenvalue weighted by Crippen LogP contribution is 2.46. The predicted molar refractivity (Wildman–Crippen MR) is 86.3 cm³/mol. The van der Waals surface area contributed by atoms with E-state index in [-0.39, 0.29) is 11.9 Å². The molecule has 2 aromatic rings. The van der Waals surface area contributed by atoms with Crippen LogP contribution in [0.5, 0.6) is 23.0 Å². The van der Waals surface area contributed by atoms with E-state index >= 15 is 0 Å². The average molecular weight is 331 g/mol. The van der Waals surface area contributed by atoms with Gasteiger partial charge in [0.15, 0.2) is 17.6 Å². The molecule has 0 spiro atoms. The summed E-state index contributed by atoms with van der Waals surface area (Å²) in [5.74, 6) is 1.44. The van der Waals surface area contributed by atoms with Gasteiger partial charge < -0.3 is 28.9 Å². The molecule has 0 saturated carbocycles. The van der Waals surface area contributed by atoms with E-state index in [0.717, 1.165) is 17.7 Å². The number of benzene rings is 1. The Kier molecular flexibility index (Phi) is 4.77. The molecule has 1 aromatic heterocycles. The van der Waals surface area contributed by atoms with E-state index in [4.69, 9.17) is 28.9 Å². The van der Waals surface area contributed by atoms with Gasteiger partial charge in [0.25, 0.3) is 0 Å². The molecule has 1 aromatic carbocycles. The Labute approximate surface area is 139 Å². The van der Waals surface area contributed by atoms with Crippen molar-refractivity contribution in [2.45, 2.75) is 19.4 Å². The summed E-state index contributed by atoms with van der Waals surface area (Å²) in [5, 5.41) is 17.8. The Balaban J connectivity index is 1.86. The van der Waals surface area contributed by atoms with Crippen molar-refractivity contribution in [2.24, 2.45) is 0 Å². The van der Waals surface area contributed by atoms with Gasteiger partial charge in [0.2, 0.25) is 5.75 Å². The number of fused-ring (bicyclic) bond motifs is 1. The summed E-state index contributed by atoms with van der Waals surface area (Å²) in [7, 11) is -0.438. The quantitative estimate of drug-likeness (QED) is 0.803. The van der Waals surface area contributed by atoms with Gasteiger partial charge in [-0.3, -0.25) is 4.98 Å². The molecule has 0 bridgehead atoms. The number of nitrogens with zero attached hydrogens (tertiary/aromatic N) is 1. The number of pyridine rings is 1. The second-order valence-electron chi connectivity index (χ2n) is 5.25. The molecule has 0 aliphatic carbocycles. The van der Waals surface area contributed by atoms with Crippen LogP contribution in [0.1, 0.15) is 24.3 Å². The summed E-state index contributed by atoms with van der Waals surface area (Å²) in [5.41, 5.74) is 1.92. The summed E-state index contributed by atoms with van der Waals surface area (Å²) >= 11 is 0. The van der Waals surface area contributed by atoms with E-state index in [1.165, 1.54) is 19.2 Å². The predicted octanol–water partition coefficient (Wildman–Crippen LogP) is 1.51. The number of aromatic nitrogens is 1. The lowest BCUT2D eigenvalue weighted by atomic mass is 10.1. The second kappa shape index (κ2) is 6.98. The molecule has 0 amide bonds. The van der Waals surface area contributed by atoms with Gasteiger partial charge in [-0.25, -0.2) is 0 Å². The van der Waals surface area contributed by atoms with Crippen LogP contribution in [0, 0.1) is 0 Å². The van der Waals surface area contributed by atoms with E-state index < -0.39 is 7.32 Å².